The van der Waals surface area contributed by atoms with Gasteiger partial charge in [-0.05, 0) is 57.8 Å². The quantitative estimate of drug-likeness (QED) is 0.0777. The first kappa shape index (κ1) is 36.9. The molecule has 1 saturated heterocycles. The van der Waals surface area contributed by atoms with Crippen LogP contribution in [0.1, 0.15) is 45.2 Å². The lowest BCUT2D eigenvalue weighted by Gasteiger charge is -2.33. The summed E-state index contributed by atoms with van der Waals surface area (Å²) in [7, 11) is -2.52. The molecule has 5 rings (SSSR count). The molecule has 0 saturated carbocycles. The average Bonchev–Trinajstić information content (AvgIpc) is 3.46. The monoisotopic (exact) mass is 704 g/mol. The van der Waals surface area contributed by atoms with Gasteiger partial charge in [-0.15, -0.1) is 0 Å². The number of fused-ring (bicyclic) bond motifs is 2. The van der Waals surface area contributed by atoms with Crippen LogP contribution in [-0.4, -0.2) is 92.1 Å². The van der Waals surface area contributed by atoms with Gasteiger partial charge in [0.1, 0.15) is 24.9 Å². The van der Waals surface area contributed by atoms with Crippen molar-refractivity contribution in [2.24, 2.45) is 0 Å². The van der Waals surface area contributed by atoms with Crippen LogP contribution in [0.15, 0.2) is 48.8 Å². The number of anilines is 1. The Hall–Kier alpha value is -3.33. The third-order valence-corrected chi connectivity index (χ3v) is 12.2. The number of nitrogens with zero attached hydrogens (tertiary/aromatic N) is 6. The van der Waals surface area contributed by atoms with Gasteiger partial charge in [0, 0.05) is 82.8 Å². The summed E-state index contributed by atoms with van der Waals surface area (Å²) in [5, 5.41) is 5.97. The first-order valence-electron chi connectivity index (χ1n) is 17.7. The first-order chi connectivity index (χ1) is 23.1. The van der Waals surface area contributed by atoms with E-state index in [1.807, 2.05) is 60.8 Å². The van der Waals surface area contributed by atoms with Crippen molar-refractivity contribution >= 4 is 44.6 Å². The molecule has 1 aliphatic rings. The van der Waals surface area contributed by atoms with Gasteiger partial charge in [0.15, 0.2) is 5.65 Å². The molecule has 0 aliphatic carbocycles. The smallest absolute Gasteiger partial charge is 0.410 e. The van der Waals surface area contributed by atoms with Gasteiger partial charge in [0.25, 0.3) is 0 Å². The Bertz CT molecular complexity index is 1700. The molecule has 0 bridgehead atoms. The lowest BCUT2D eigenvalue weighted by molar-refractivity contribution is 0.0204. The molecule has 1 fully saturated rings. The number of carbonyl (C=O) groups excluding carboxylic acids is 1. The number of hydrogen-bond donors (Lipinski definition) is 0. The number of likely N-dealkylation sites (tertiary alicyclic amines) is 1. The van der Waals surface area contributed by atoms with Crippen molar-refractivity contribution in [3.8, 4) is 11.1 Å². The molecule has 4 aromatic rings. The van der Waals surface area contributed by atoms with Gasteiger partial charge in [-0.3, -0.25) is 4.98 Å². The highest BCUT2D eigenvalue weighted by Crippen LogP contribution is 2.34. The fraction of sp³-hybridized carbons (Fsp3) is 0.568. The first-order valence-corrected chi connectivity index (χ1v) is 25.1. The average molecular weight is 705 g/mol. The predicted octanol–water partition coefficient (Wildman–Crippen LogP) is 8.49. The van der Waals surface area contributed by atoms with E-state index in [1.165, 1.54) is 0 Å². The summed E-state index contributed by atoms with van der Waals surface area (Å²) in [5.41, 5.74) is 4.07. The lowest BCUT2D eigenvalue weighted by atomic mass is 9.93. The molecule has 10 nitrogen and oxygen atoms in total. The number of ether oxygens (including phenoxy) is 3. The topological polar surface area (TPSA) is 94.3 Å². The Morgan fingerprint density at radius 2 is 1.55 bits per heavy atom. The van der Waals surface area contributed by atoms with Crippen LogP contribution < -0.4 is 4.90 Å². The van der Waals surface area contributed by atoms with E-state index in [0.29, 0.717) is 39.8 Å². The fourth-order valence-electron chi connectivity index (χ4n) is 5.78. The molecule has 49 heavy (non-hydrogen) atoms. The van der Waals surface area contributed by atoms with Gasteiger partial charge in [0.05, 0.1) is 11.7 Å². The number of piperidine rings is 1. The molecule has 3 aromatic heterocycles. The summed E-state index contributed by atoms with van der Waals surface area (Å²) in [6, 6.07) is 14.6. The maximum Gasteiger partial charge on any atom is 0.410 e. The predicted molar refractivity (Wildman–Crippen MR) is 204 cm³/mol. The Balaban J connectivity index is 1.50. The standard InChI is InChI=1S/C37H56N6O4Si2/c1-37(2,3)47-36(44)41-16-14-28(15-17-41)33-23-34(42(26-45-18-20-48(4,5)6)27-46-19-21-49(7,8)9)43-35(40-33)31(25-39-43)30-22-29-12-10-11-13-32(29)38-24-30/h10-13,22-25,28H,14-21,26-27H2,1-9H3. The molecule has 0 radical (unpaired) electrons. The molecule has 0 atom stereocenters. The van der Waals surface area contributed by atoms with Gasteiger partial charge in [-0.2, -0.15) is 9.61 Å². The van der Waals surface area contributed by atoms with Gasteiger partial charge < -0.3 is 24.0 Å². The number of carbonyl (C=O) groups is 1. The molecule has 12 heteroatoms. The van der Waals surface area contributed by atoms with Gasteiger partial charge in [-0.1, -0.05) is 57.5 Å². The fourth-order valence-corrected chi connectivity index (χ4v) is 7.30. The zero-order valence-electron chi connectivity index (χ0n) is 31.1. The number of aromatic nitrogens is 4. The van der Waals surface area contributed by atoms with Crippen molar-refractivity contribution in [2.45, 2.75) is 96.5 Å². The van der Waals surface area contributed by atoms with Crippen LogP contribution in [0.2, 0.25) is 51.4 Å². The maximum atomic E-state index is 12.9. The van der Waals surface area contributed by atoms with Crippen molar-refractivity contribution in [1.82, 2.24) is 24.5 Å². The van der Waals surface area contributed by atoms with Crippen LogP contribution in [0, 0.1) is 0 Å². The molecule has 0 spiro atoms. The minimum atomic E-state index is -1.26. The highest BCUT2D eigenvalue weighted by molar-refractivity contribution is 6.76. The molecular formula is C37H56N6O4Si2. The van der Waals surface area contributed by atoms with E-state index in [2.05, 4.69) is 62.4 Å². The molecule has 266 valence electrons. The largest absolute Gasteiger partial charge is 0.444 e. The highest BCUT2D eigenvalue weighted by atomic mass is 28.3. The van der Waals surface area contributed by atoms with Crippen LogP contribution >= 0.6 is 0 Å². The molecule has 0 unspecified atom stereocenters. The van der Waals surface area contributed by atoms with Crippen molar-refractivity contribution in [1.29, 1.82) is 0 Å². The number of pyridine rings is 1. The second-order valence-corrected chi connectivity index (χ2v) is 28.0. The molecule has 1 aromatic carbocycles. The Kier molecular flexibility index (Phi) is 11.5. The zero-order chi connectivity index (χ0) is 35.4. The third-order valence-electron chi connectivity index (χ3n) is 8.75. The van der Waals surface area contributed by atoms with Crippen LogP contribution in [-0.2, 0) is 14.2 Å². The maximum absolute atomic E-state index is 12.9. The van der Waals surface area contributed by atoms with Crippen molar-refractivity contribution in [3.05, 3.63) is 54.5 Å². The van der Waals surface area contributed by atoms with Crippen molar-refractivity contribution in [3.63, 3.8) is 0 Å². The third kappa shape index (κ3) is 10.3. The van der Waals surface area contributed by atoms with Gasteiger partial charge >= 0.3 is 6.09 Å². The summed E-state index contributed by atoms with van der Waals surface area (Å²) in [6.45, 7) is 23.3. The van der Waals surface area contributed by atoms with E-state index in [1.54, 1.807) is 0 Å². The van der Waals surface area contributed by atoms with Crippen LogP contribution in [0.25, 0.3) is 27.7 Å². The second-order valence-electron chi connectivity index (χ2n) is 16.7. The van der Waals surface area contributed by atoms with E-state index in [9.17, 15) is 4.79 Å². The summed E-state index contributed by atoms with van der Waals surface area (Å²) < 4.78 is 20.3. The van der Waals surface area contributed by atoms with Crippen molar-refractivity contribution in [2.75, 3.05) is 44.7 Å². The summed E-state index contributed by atoms with van der Waals surface area (Å²) in [4.78, 5) is 26.8. The Labute approximate surface area is 294 Å². The zero-order valence-corrected chi connectivity index (χ0v) is 33.1. The lowest BCUT2D eigenvalue weighted by Crippen LogP contribution is -2.41. The normalized spacial score (nSPS) is 14.9. The van der Waals surface area contributed by atoms with E-state index in [4.69, 9.17) is 29.3 Å². The Morgan fingerprint density at radius 1 is 0.918 bits per heavy atom. The number of rotatable bonds is 13. The van der Waals surface area contributed by atoms with Crippen LogP contribution in [0.3, 0.4) is 0 Å². The molecular weight excluding hydrogens is 649 g/mol. The summed E-state index contributed by atoms with van der Waals surface area (Å²) in [6.07, 6.45) is 5.13. The highest BCUT2D eigenvalue weighted by Gasteiger charge is 2.30. The van der Waals surface area contributed by atoms with Crippen molar-refractivity contribution < 1.29 is 19.0 Å². The SMILES string of the molecule is CC(C)(C)OC(=O)N1CCC(c2cc(N(COCC[Si](C)(C)C)COCC[Si](C)(C)C)n3ncc(-c4cnc5ccccc5c4)c3n2)CC1. The Morgan fingerprint density at radius 3 is 2.16 bits per heavy atom. The molecule has 4 heterocycles. The van der Waals surface area contributed by atoms with Gasteiger partial charge in [-0.25, -0.2) is 9.78 Å². The number of hydrogen-bond acceptors (Lipinski definition) is 8. The number of amides is 1. The van der Waals surface area contributed by atoms with Crippen LogP contribution in [0.5, 0.6) is 0 Å². The molecule has 1 aliphatic heterocycles. The second kappa shape index (κ2) is 15.3. The van der Waals surface area contributed by atoms with E-state index in [0.717, 1.165) is 64.1 Å². The van der Waals surface area contributed by atoms with Gasteiger partial charge in [0.2, 0.25) is 0 Å². The summed E-state index contributed by atoms with van der Waals surface area (Å²) in [5.74, 6) is 1.05. The van der Waals surface area contributed by atoms with Crippen LogP contribution in [0.4, 0.5) is 10.6 Å². The van der Waals surface area contributed by atoms with E-state index >= 15 is 0 Å². The minimum absolute atomic E-state index is 0.169. The minimum Gasteiger partial charge on any atom is -0.444 e. The molecule has 1 amide bonds. The summed E-state index contributed by atoms with van der Waals surface area (Å²) >= 11 is 0. The molecule has 0 N–H and O–H groups in total. The van der Waals surface area contributed by atoms with E-state index < -0.39 is 21.7 Å². The number of para-hydroxylation sites is 1. The number of benzene rings is 1. The van der Waals surface area contributed by atoms with E-state index in [-0.39, 0.29) is 12.0 Å².